The molecule has 0 bridgehead atoms. The second kappa shape index (κ2) is 4.64. The minimum Gasteiger partial charge on any atom is -0.497 e. The van der Waals surface area contributed by atoms with Crippen LogP contribution in [0.15, 0.2) is 24.3 Å². The van der Waals surface area contributed by atoms with Crippen LogP contribution in [0, 0.1) is 0 Å². The van der Waals surface area contributed by atoms with Crippen LogP contribution in [0.25, 0.3) is 0 Å². The van der Waals surface area contributed by atoms with Crippen LogP contribution in [-0.2, 0) is 4.74 Å². The third-order valence-corrected chi connectivity index (χ3v) is 2.94. The fourth-order valence-electron chi connectivity index (χ4n) is 2.02. The van der Waals surface area contributed by atoms with Crippen molar-refractivity contribution >= 4 is 0 Å². The third kappa shape index (κ3) is 2.30. The van der Waals surface area contributed by atoms with Crippen LogP contribution in [0.4, 0.5) is 0 Å². The standard InChI is InChI=1S/C12H17NO2/c1-14-10-4-2-9(3-5-10)11-6-7-15-8-12(11)13/h2-5,11-12H,6-8,13H2,1H3. The van der Waals surface area contributed by atoms with Crippen LogP contribution in [0.1, 0.15) is 17.9 Å². The van der Waals surface area contributed by atoms with E-state index in [2.05, 4.69) is 12.1 Å². The molecule has 2 unspecified atom stereocenters. The molecular weight excluding hydrogens is 190 g/mol. The van der Waals surface area contributed by atoms with Crippen LogP contribution >= 0.6 is 0 Å². The summed E-state index contributed by atoms with van der Waals surface area (Å²) in [5.74, 6) is 1.31. The number of hydrogen-bond donors (Lipinski definition) is 1. The molecule has 1 aromatic carbocycles. The van der Waals surface area contributed by atoms with Gasteiger partial charge >= 0.3 is 0 Å². The second-order valence-electron chi connectivity index (χ2n) is 3.91. The number of methoxy groups -OCH3 is 1. The molecule has 0 radical (unpaired) electrons. The first-order chi connectivity index (χ1) is 7.31. The molecule has 15 heavy (non-hydrogen) atoms. The highest BCUT2D eigenvalue weighted by atomic mass is 16.5. The van der Waals surface area contributed by atoms with E-state index < -0.39 is 0 Å². The summed E-state index contributed by atoms with van der Waals surface area (Å²) in [4.78, 5) is 0. The molecule has 2 N–H and O–H groups in total. The molecule has 1 heterocycles. The second-order valence-corrected chi connectivity index (χ2v) is 3.91. The monoisotopic (exact) mass is 207 g/mol. The quantitative estimate of drug-likeness (QED) is 0.799. The number of benzene rings is 1. The van der Waals surface area contributed by atoms with Crippen molar-refractivity contribution in [2.24, 2.45) is 5.73 Å². The maximum Gasteiger partial charge on any atom is 0.118 e. The lowest BCUT2D eigenvalue weighted by atomic mass is 9.88. The smallest absolute Gasteiger partial charge is 0.118 e. The van der Waals surface area contributed by atoms with Gasteiger partial charge in [-0.3, -0.25) is 0 Å². The minimum atomic E-state index is 0.118. The zero-order valence-electron chi connectivity index (χ0n) is 8.98. The lowest BCUT2D eigenvalue weighted by Crippen LogP contribution is -2.37. The van der Waals surface area contributed by atoms with Gasteiger partial charge in [-0.2, -0.15) is 0 Å². The summed E-state index contributed by atoms with van der Waals surface area (Å²) in [6, 6.07) is 8.27. The highest BCUT2D eigenvalue weighted by Crippen LogP contribution is 2.27. The Morgan fingerprint density at radius 1 is 1.33 bits per heavy atom. The molecule has 1 fully saturated rings. The van der Waals surface area contributed by atoms with E-state index in [1.165, 1.54) is 5.56 Å². The Bertz CT molecular complexity index is 310. The van der Waals surface area contributed by atoms with E-state index in [0.717, 1.165) is 18.8 Å². The molecule has 0 spiro atoms. The van der Waals surface area contributed by atoms with Crippen LogP contribution in [-0.4, -0.2) is 26.4 Å². The predicted octanol–water partition coefficient (Wildman–Crippen LogP) is 1.53. The van der Waals surface area contributed by atoms with E-state index >= 15 is 0 Å². The van der Waals surface area contributed by atoms with Crippen molar-refractivity contribution in [2.75, 3.05) is 20.3 Å². The van der Waals surface area contributed by atoms with Gasteiger partial charge in [-0.25, -0.2) is 0 Å². The Morgan fingerprint density at radius 3 is 2.67 bits per heavy atom. The molecule has 0 aromatic heterocycles. The maximum atomic E-state index is 6.03. The van der Waals surface area contributed by atoms with Crippen molar-refractivity contribution in [3.63, 3.8) is 0 Å². The molecule has 0 aliphatic carbocycles. The van der Waals surface area contributed by atoms with Gasteiger partial charge in [0.05, 0.1) is 13.7 Å². The molecule has 1 aliphatic rings. The van der Waals surface area contributed by atoms with E-state index in [1.807, 2.05) is 12.1 Å². The maximum absolute atomic E-state index is 6.03. The molecular formula is C12H17NO2. The molecule has 82 valence electrons. The van der Waals surface area contributed by atoms with Crippen LogP contribution in [0.3, 0.4) is 0 Å². The van der Waals surface area contributed by atoms with Gasteiger partial charge in [-0.05, 0) is 24.1 Å². The number of rotatable bonds is 2. The van der Waals surface area contributed by atoms with E-state index in [1.54, 1.807) is 7.11 Å². The highest BCUT2D eigenvalue weighted by molar-refractivity contribution is 5.30. The normalized spacial score (nSPS) is 26.3. The molecule has 2 atom stereocenters. The summed E-state index contributed by atoms with van der Waals surface area (Å²) in [6.45, 7) is 1.47. The Morgan fingerprint density at radius 2 is 2.07 bits per heavy atom. The van der Waals surface area contributed by atoms with Crippen LogP contribution < -0.4 is 10.5 Å². The summed E-state index contributed by atoms with van der Waals surface area (Å²) in [6.07, 6.45) is 1.01. The topological polar surface area (TPSA) is 44.5 Å². The van der Waals surface area contributed by atoms with Gasteiger partial charge in [0.1, 0.15) is 5.75 Å². The average Bonchev–Trinajstić information content (AvgIpc) is 2.30. The average molecular weight is 207 g/mol. The molecule has 0 amide bonds. The van der Waals surface area contributed by atoms with Gasteiger partial charge in [-0.15, -0.1) is 0 Å². The minimum absolute atomic E-state index is 0.118. The summed E-state index contributed by atoms with van der Waals surface area (Å²) in [5, 5.41) is 0. The van der Waals surface area contributed by atoms with Crippen molar-refractivity contribution in [2.45, 2.75) is 18.4 Å². The number of nitrogens with two attached hydrogens (primary N) is 1. The fourth-order valence-corrected chi connectivity index (χ4v) is 2.02. The van der Waals surface area contributed by atoms with Crippen molar-refractivity contribution in [1.29, 1.82) is 0 Å². The Balaban J connectivity index is 2.13. The molecule has 2 rings (SSSR count). The molecule has 3 heteroatoms. The van der Waals surface area contributed by atoms with Gasteiger partial charge in [0, 0.05) is 18.6 Å². The van der Waals surface area contributed by atoms with Crippen molar-refractivity contribution in [1.82, 2.24) is 0 Å². The van der Waals surface area contributed by atoms with E-state index in [4.69, 9.17) is 15.2 Å². The zero-order valence-corrected chi connectivity index (χ0v) is 8.98. The Kier molecular flexibility index (Phi) is 3.23. The third-order valence-electron chi connectivity index (χ3n) is 2.94. The number of hydrogen-bond acceptors (Lipinski definition) is 3. The summed E-state index contributed by atoms with van der Waals surface area (Å²) in [7, 11) is 1.68. The summed E-state index contributed by atoms with van der Waals surface area (Å²) < 4.78 is 10.5. The van der Waals surface area contributed by atoms with Gasteiger partial charge in [-0.1, -0.05) is 12.1 Å². The van der Waals surface area contributed by atoms with Gasteiger partial charge in [0.15, 0.2) is 0 Å². The molecule has 3 nitrogen and oxygen atoms in total. The van der Waals surface area contributed by atoms with Gasteiger partial charge < -0.3 is 15.2 Å². The predicted molar refractivity (Wildman–Crippen MR) is 59.1 cm³/mol. The van der Waals surface area contributed by atoms with Crippen molar-refractivity contribution < 1.29 is 9.47 Å². The Labute approximate surface area is 90.2 Å². The van der Waals surface area contributed by atoms with Crippen LogP contribution in [0.5, 0.6) is 5.75 Å². The number of ether oxygens (including phenoxy) is 2. The van der Waals surface area contributed by atoms with Crippen molar-refractivity contribution in [3.05, 3.63) is 29.8 Å². The van der Waals surface area contributed by atoms with E-state index in [-0.39, 0.29) is 6.04 Å². The lowest BCUT2D eigenvalue weighted by molar-refractivity contribution is 0.0696. The molecule has 0 saturated carbocycles. The van der Waals surface area contributed by atoms with E-state index in [0.29, 0.717) is 12.5 Å². The molecule has 1 aliphatic heterocycles. The van der Waals surface area contributed by atoms with Crippen LogP contribution in [0.2, 0.25) is 0 Å². The summed E-state index contributed by atoms with van der Waals surface area (Å²) in [5.41, 5.74) is 7.31. The highest BCUT2D eigenvalue weighted by Gasteiger charge is 2.23. The molecule has 1 saturated heterocycles. The fraction of sp³-hybridized carbons (Fsp3) is 0.500. The van der Waals surface area contributed by atoms with Gasteiger partial charge in [0.2, 0.25) is 0 Å². The SMILES string of the molecule is COc1ccc(C2CCOCC2N)cc1. The zero-order chi connectivity index (χ0) is 10.7. The first-order valence-corrected chi connectivity index (χ1v) is 5.28. The lowest BCUT2D eigenvalue weighted by Gasteiger charge is -2.29. The Hall–Kier alpha value is -1.06. The first-order valence-electron chi connectivity index (χ1n) is 5.28. The first kappa shape index (κ1) is 10.5. The molecule has 1 aromatic rings. The summed E-state index contributed by atoms with van der Waals surface area (Å²) >= 11 is 0. The van der Waals surface area contributed by atoms with Gasteiger partial charge in [0.25, 0.3) is 0 Å². The van der Waals surface area contributed by atoms with Crippen molar-refractivity contribution in [3.8, 4) is 5.75 Å². The van der Waals surface area contributed by atoms with E-state index in [9.17, 15) is 0 Å². The largest absolute Gasteiger partial charge is 0.497 e.